The summed E-state index contributed by atoms with van der Waals surface area (Å²) in [4.78, 5) is 23.3. The van der Waals surface area contributed by atoms with Crippen LogP contribution in [0.4, 0.5) is 0 Å². The molecule has 0 heterocycles. The second kappa shape index (κ2) is 6.65. The third-order valence-corrected chi connectivity index (χ3v) is 4.48. The quantitative estimate of drug-likeness (QED) is 0.599. The van der Waals surface area contributed by atoms with Gasteiger partial charge in [-0.25, -0.2) is 9.59 Å². The zero-order valence-corrected chi connectivity index (χ0v) is 12.4. The van der Waals surface area contributed by atoms with E-state index in [1.165, 1.54) is 46.6 Å². The highest BCUT2D eigenvalue weighted by atomic mass is 31.2. The lowest BCUT2D eigenvalue weighted by Gasteiger charge is -2.15. The molecule has 7 nitrogen and oxygen atoms in total. The van der Waals surface area contributed by atoms with E-state index in [1.807, 2.05) is 0 Å². The SMILES string of the molecule is COC(=O)c1ccc(P(=O)(OC)OC)cc1C(=O)OC. The minimum atomic E-state index is -3.53. The van der Waals surface area contributed by atoms with Crippen LogP contribution in [0.2, 0.25) is 0 Å². The molecule has 0 aliphatic rings. The number of esters is 2. The van der Waals surface area contributed by atoms with E-state index in [4.69, 9.17) is 9.05 Å². The fourth-order valence-electron chi connectivity index (χ4n) is 1.55. The van der Waals surface area contributed by atoms with Crippen molar-refractivity contribution in [2.24, 2.45) is 0 Å². The predicted molar refractivity (Wildman–Crippen MR) is 70.4 cm³/mol. The Bertz CT molecular complexity index is 559. The van der Waals surface area contributed by atoms with E-state index in [-0.39, 0.29) is 16.4 Å². The van der Waals surface area contributed by atoms with Gasteiger partial charge in [-0.15, -0.1) is 0 Å². The molecule has 0 saturated heterocycles. The lowest BCUT2D eigenvalue weighted by molar-refractivity contribution is 0.0555. The molecule has 0 aliphatic heterocycles. The number of benzene rings is 1. The van der Waals surface area contributed by atoms with Gasteiger partial charge in [-0.05, 0) is 18.2 Å². The maximum atomic E-state index is 12.3. The predicted octanol–water partition coefficient (Wildman–Crippen LogP) is 1.37. The van der Waals surface area contributed by atoms with Gasteiger partial charge in [-0.3, -0.25) is 4.57 Å². The number of hydrogen-bond donors (Lipinski definition) is 0. The minimum Gasteiger partial charge on any atom is -0.465 e. The van der Waals surface area contributed by atoms with E-state index in [0.717, 1.165) is 0 Å². The van der Waals surface area contributed by atoms with Crippen molar-refractivity contribution in [2.45, 2.75) is 0 Å². The lowest BCUT2D eigenvalue weighted by Crippen LogP contribution is -2.17. The molecular formula is C12H15O7P. The van der Waals surface area contributed by atoms with Crippen molar-refractivity contribution in [1.82, 2.24) is 0 Å². The summed E-state index contributed by atoms with van der Waals surface area (Å²) in [6, 6.07) is 3.90. The minimum absolute atomic E-state index is 0.00172. The van der Waals surface area contributed by atoms with Gasteiger partial charge in [0.1, 0.15) is 0 Å². The van der Waals surface area contributed by atoms with Gasteiger partial charge in [-0.1, -0.05) is 0 Å². The molecular weight excluding hydrogens is 287 g/mol. The first kappa shape index (κ1) is 16.4. The summed E-state index contributed by atoms with van der Waals surface area (Å²) in [5.41, 5.74) is -0.0759. The van der Waals surface area contributed by atoms with Crippen molar-refractivity contribution in [3.8, 4) is 0 Å². The van der Waals surface area contributed by atoms with Gasteiger partial charge < -0.3 is 18.5 Å². The molecule has 1 aromatic rings. The number of methoxy groups -OCH3 is 2. The molecule has 110 valence electrons. The number of rotatable bonds is 5. The summed E-state index contributed by atoms with van der Waals surface area (Å²) in [6.45, 7) is 0. The van der Waals surface area contributed by atoms with E-state index in [2.05, 4.69) is 9.47 Å². The molecule has 1 aromatic carbocycles. The van der Waals surface area contributed by atoms with Crippen molar-refractivity contribution in [1.29, 1.82) is 0 Å². The Labute approximate surface area is 116 Å². The van der Waals surface area contributed by atoms with Crippen LogP contribution in [0.5, 0.6) is 0 Å². The zero-order chi connectivity index (χ0) is 15.3. The highest BCUT2D eigenvalue weighted by molar-refractivity contribution is 7.62. The summed E-state index contributed by atoms with van der Waals surface area (Å²) in [6.07, 6.45) is 0. The largest absolute Gasteiger partial charge is 0.465 e. The van der Waals surface area contributed by atoms with Crippen LogP contribution in [0.25, 0.3) is 0 Å². The molecule has 0 spiro atoms. The van der Waals surface area contributed by atoms with Gasteiger partial charge >= 0.3 is 19.5 Å². The van der Waals surface area contributed by atoms with Crippen LogP contribution in [0.15, 0.2) is 18.2 Å². The van der Waals surface area contributed by atoms with E-state index in [9.17, 15) is 14.2 Å². The molecule has 8 heteroatoms. The van der Waals surface area contributed by atoms with E-state index < -0.39 is 19.5 Å². The third kappa shape index (κ3) is 3.07. The molecule has 0 saturated carbocycles. The van der Waals surface area contributed by atoms with Gasteiger partial charge in [0.05, 0.1) is 30.7 Å². The Morgan fingerprint density at radius 3 is 1.85 bits per heavy atom. The molecule has 20 heavy (non-hydrogen) atoms. The van der Waals surface area contributed by atoms with E-state index >= 15 is 0 Å². The number of carbonyl (C=O) groups excluding carboxylic acids is 2. The van der Waals surface area contributed by atoms with E-state index in [1.54, 1.807) is 0 Å². The first-order valence-corrected chi connectivity index (χ1v) is 7.00. The maximum absolute atomic E-state index is 12.3. The van der Waals surface area contributed by atoms with Crippen LogP contribution >= 0.6 is 7.60 Å². The summed E-state index contributed by atoms with van der Waals surface area (Å²) >= 11 is 0. The number of hydrogen-bond acceptors (Lipinski definition) is 7. The van der Waals surface area contributed by atoms with Gasteiger partial charge in [0.2, 0.25) is 0 Å². The smallest absolute Gasteiger partial charge is 0.360 e. The van der Waals surface area contributed by atoms with E-state index in [0.29, 0.717) is 0 Å². The summed E-state index contributed by atoms with van der Waals surface area (Å²) < 4.78 is 31.1. The second-order valence-corrected chi connectivity index (χ2v) is 5.82. The molecule has 1 rings (SSSR count). The average molecular weight is 302 g/mol. The third-order valence-electron chi connectivity index (χ3n) is 2.61. The van der Waals surface area contributed by atoms with Crippen molar-refractivity contribution in [2.75, 3.05) is 28.4 Å². The van der Waals surface area contributed by atoms with Crippen LogP contribution < -0.4 is 5.30 Å². The molecule has 0 amide bonds. The molecule has 0 radical (unpaired) electrons. The fraction of sp³-hybridized carbons (Fsp3) is 0.333. The van der Waals surface area contributed by atoms with Crippen LogP contribution in [0.3, 0.4) is 0 Å². The Morgan fingerprint density at radius 1 is 0.900 bits per heavy atom. The Morgan fingerprint density at radius 2 is 1.40 bits per heavy atom. The summed E-state index contributed by atoms with van der Waals surface area (Å²) in [5.74, 6) is -1.47. The first-order valence-electron chi connectivity index (χ1n) is 5.46. The fourth-order valence-corrected chi connectivity index (χ4v) is 2.67. The Hall–Kier alpha value is -1.69. The van der Waals surface area contributed by atoms with Crippen LogP contribution in [-0.4, -0.2) is 40.4 Å². The molecule has 0 N–H and O–H groups in total. The standard InChI is InChI=1S/C12H15O7P/c1-16-11(13)9-6-5-8(20(15,18-3)19-4)7-10(9)12(14)17-2/h5-7H,1-4H3. The molecule has 0 aromatic heterocycles. The zero-order valence-electron chi connectivity index (χ0n) is 11.5. The highest BCUT2D eigenvalue weighted by Gasteiger charge is 2.28. The van der Waals surface area contributed by atoms with Crippen molar-refractivity contribution in [3.63, 3.8) is 0 Å². The second-order valence-electron chi connectivity index (χ2n) is 3.58. The molecule has 0 atom stereocenters. The molecule has 0 aliphatic carbocycles. The average Bonchev–Trinajstić information content (AvgIpc) is 2.51. The van der Waals surface area contributed by atoms with Gasteiger partial charge in [-0.2, -0.15) is 0 Å². The molecule has 0 fully saturated rings. The molecule has 0 bridgehead atoms. The van der Waals surface area contributed by atoms with Crippen LogP contribution in [0.1, 0.15) is 20.7 Å². The summed E-state index contributed by atoms with van der Waals surface area (Å²) in [5, 5.41) is 0.135. The Kier molecular flexibility index (Phi) is 5.44. The summed E-state index contributed by atoms with van der Waals surface area (Å²) in [7, 11) is 1.26. The molecule has 0 unspecified atom stereocenters. The van der Waals surface area contributed by atoms with Crippen molar-refractivity contribution >= 4 is 24.8 Å². The number of carbonyl (C=O) groups is 2. The maximum Gasteiger partial charge on any atom is 0.360 e. The van der Waals surface area contributed by atoms with Gasteiger partial charge in [0.15, 0.2) is 0 Å². The normalized spacial score (nSPS) is 11.0. The van der Waals surface area contributed by atoms with Crippen molar-refractivity contribution < 1.29 is 32.7 Å². The van der Waals surface area contributed by atoms with Gasteiger partial charge in [0.25, 0.3) is 0 Å². The number of ether oxygens (including phenoxy) is 2. The van der Waals surface area contributed by atoms with Gasteiger partial charge in [0, 0.05) is 14.2 Å². The first-order chi connectivity index (χ1) is 9.43. The van der Waals surface area contributed by atoms with Crippen LogP contribution in [0, 0.1) is 0 Å². The highest BCUT2D eigenvalue weighted by Crippen LogP contribution is 2.45. The van der Waals surface area contributed by atoms with Crippen LogP contribution in [-0.2, 0) is 23.1 Å². The van der Waals surface area contributed by atoms with Crippen molar-refractivity contribution in [3.05, 3.63) is 29.3 Å². The topological polar surface area (TPSA) is 88.1 Å². The Balaban J connectivity index is 3.46. The monoisotopic (exact) mass is 302 g/mol. The lowest BCUT2D eigenvalue weighted by atomic mass is 10.1.